The molecule has 2 aromatic carbocycles. The lowest BCUT2D eigenvalue weighted by Crippen LogP contribution is -2.27. The second kappa shape index (κ2) is 15.7. The van der Waals surface area contributed by atoms with Crippen molar-refractivity contribution in [3.63, 3.8) is 0 Å². The highest BCUT2D eigenvalue weighted by Gasteiger charge is 2.28. The van der Waals surface area contributed by atoms with Crippen LogP contribution in [0, 0.1) is 18.8 Å². The van der Waals surface area contributed by atoms with E-state index in [0.717, 1.165) is 62.7 Å². The summed E-state index contributed by atoms with van der Waals surface area (Å²) < 4.78 is 16.2. The number of carbonyl (C=O) groups is 2. The van der Waals surface area contributed by atoms with Gasteiger partial charge in [0.1, 0.15) is 11.5 Å². The molecule has 3 rings (SSSR count). The molecule has 0 bridgehead atoms. The number of benzene rings is 2. The molecular formula is C30H38O7. The molecule has 0 radical (unpaired) electrons. The van der Waals surface area contributed by atoms with Crippen LogP contribution in [0.4, 0.5) is 0 Å². The monoisotopic (exact) mass is 510 g/mol. The second-order valence-corrected chi connectivity index (χ2v) is 9.43. The predicted octanol–water partition coefficient (Wildman–Crippen LogP) is 6.39. The molecular weight excluding hydrogens is 472 g/mol. The van der Waals surface area contributed by atoms with E-state index in [1.807, 2.05) is 55.5 Å². The first-order valence-corrected chi connectivity index (χ1v) is 13.1. The van der Waals surface area contributed by atoms with Crippen LogP contribution in [0.2, 0.25) is 0 Å². The highest BCUT2D eigenvalue weighted by atomic mass is 17.2. The van der Waals surface area contributed by atoms with E-state index in [-0.39, 0.29) is 17.9 Å². The van der Waals surface area contributed by atoms with Crippen molar-refractivity contribution in [2.24, 2.45) is 11.8 Å². The van der Waals surface area contributed by atoms with Crippen LogP contribution in [-0.2, 0) is 19.2 Å². The van der Waals surface area contributed by atoms with Crippen molar-refractivity contribution in [1.82, 2.24) is 0 Å². The smallest absolute Gasteiger partial charge is 0.330 e. The molecule has 0 unspecified atom stereocenters. The first-order valence-electron chi connectivity index (χ1n) is 13.1. The zero-order valence-corrected chi connectivity index (χ0v) is 21.7. The van der Waals surface area contributed by atoms with Crippen LogP contribution >= 0.6 is 0 Å². The second-order valence-electron chi connectivity index (χ2n) is 9.43. The Morgan fingerprint density at radius 3 is 2.14 bits per heavy atom. The first kappa shape index (κ1) is 28.3. The molecule has 2 aromatic rings. The highest BCUT2D eigenvalue weighted by molar-refractivity contribution is 5.81. The highest BCUT2D eigenvalue weighted by Crippen LogP contribution is 2.30. The fourth-order valence-electron chi connectivity index (χ4n) is 4.14. The molecule has 200 valence electrons. The molecule has 1 aliphatic carbocycles. The molecule has 1 saturated carbocycles. The zero-order valence-electron chi connectivity index (χ0n) is 21.7. The molecule has 0 N–H and O–H groups in total. The third-order valence-electron chi connectivity index (χ3n) is 6.42. The van der Waals surface area contributed by atoms with Crippen LogP contribution in [-0.4, -0.2) is 31.8 Å². The maximum Gasteiger partial charge on any atom is 0.330 e. The molecule has 0 atom stereocenters. The Hall–Kier alpha value is -3.32. The van der Waals surface area contributed by atoms with Gasteiger partial charge in [0.05, 0.1) is 25.7 Å². The fraction of sp³-hybridized carbons (Fsp3) is 0.467. The lowest BCUT2D eigenvalue weighted by molar-refractivity contribution is -0.218. The Labute approximate surface area is 219 Å². The Morgan fingerprint density at radius 1 is 0.838 bits per heavy atom. The first-order chi connectivity index (χ1) is 18.0. The van der Waals surface area contributed by atoms with E-state index < -0.39 is 0 Å². The van der Waals surface area contributed by atoms with Crippen molar-refractivity contribution in [3.05, 3.63) is 66.7 Å². The molecule has 0 aromatic heterocycles. The molecule has 0 aliphatic heterocycles. The summed E-state index contributed by atoms with van der Waals surface area (Å²) >= 11 is 0. The van der Waals surface area contributed by atoms with Crippen molar-refractivity contribution in [2.45, 2.75) is 58.3 Å². The van der Waals surface area contributed by atoms with Crippen LogP contribution in [0.1, 0.15) is 56.9 Å². The minimum Gasteiger partial charge on any atom is -0.494 e. The van der Waals surface area contributed by atoms with Crippen molar-refractivity contribution in [2.75, 3.05) is 19.8 Å². The van der Waals surface area contributed by atoms with Crippen LogP contribution < -0.4 is 14.4 Å². The summed E-state index contributed by atoms with van der Waals surface area (Å²) in [6, 6.07) is 14.9. The Morgan fingerprint density at radius 2 is 1.46 bits per heavy atom. The van der Waals surface area contributed by atoms with Gasteiger partial charge >= 0.3 is 11.9 Å². The Bertz CT molecular complexity index is 960. The third-order valence-corrected chi connectivity index (χ3v) is 6.42. The van der Waals surface area contributed by atoms with Crippen LogP contribution in [0.3, 0.4) is 0 Å². The maximum atomic E-state index is 12.4. The van der Waals surface area contributed by atoms with Gasteiger partial charge in [0, 0.05) is 6.08 Å². The van der Waals surface area contributed by atoms with Gasteiger partial charge in [-0.2, -0.15) is 4.89 Å². The summed E-state index contributed by atoms with van der Waals surface area (Å²) in [5, 5.41) is 0. The van der Waals surface area contributed by atoms with E-state index in [2.05, 4.69) is 6.58 Å². The number of esters is 2. The Kier molecular flexibility index (Phi) is 12.0. The normalized spacial score (nSPS) is 17.0. The third kappa shape index (κ3) is 10.7. The van der Waals surface area contributed by atoms with Gasteiger partial charge in [-0.05, 0) is 101 Å². The predicted molar refractivity (Wildman–Crippen MR) is 140 cm³/mol. The average molecular weight is 511 g/mol. The van der Waals surface area contributed by atoms with Crippen LogP contribution in [0.25, 0.3) is 0 Å². The molecule has 7 heteroatoms. The van der Waals surface area contributed by atoms with Gasteiger partial charge in [0.25, 0.3) is 0 Å². The molecule has 1 fully saturated rings. The van der Waals surface area contributed by atoms with E-state index in [1.54, 1.807) is 0 Å². The number of aryl methyl sites for hydroxylation is 1. The summed E-state index contributed by atoms with van der Waals surface area (Å²) in [7, 11) is 0. The summed E-state index contributed by atoms with van der Waals surface area (Å²) in [5.74, 6) is 1.79. The summed E-state index contributed by atoms with van der Waals surface area (Å²) in [5.41, 5.74) is 1.14. The van der Waals surface area contributed by atoms with Crippen molar-refractivity contribution in [1.29, 1.82) is 0 Å². The van der Waals surface area contributed by atoms with Gasteiger partial charge in [0.15, 0.2) is 5.75 Å². The molecule has 1 aliphatic rings. The van der Waals surface area contributed by atoms with Crippen LogP contribution in [0.5, 0.6) is 17.2 Å². The standard InChI is InChI=1S/C30H38O7/c1-3-29(31)34-21-7-5-4-6-20-33-26-16-18-28(19-17-26)37-35-22-24-10-12-25(13-11-24)30(32)36-27-14-8-23(2)9-15-27/h3,8-9,14-19,24-25H,1,4-7,10-13,20-22H2,2H3. The maximum absolute atomic E-state index is 12.4. The van der Waals surface area contributed by atoms with Gasteiger partial charge in [-0.25, -0.2) is 4.79 Å². The molecule has 0 saturated heterocycles. The van der Waals surface area contributed by atoms with Gasteiger partial charge in [-0.1, -0.05) is 24.3 Å². The SMILES string of the molecule is C=CC(=O)OCCCCCCOc1ccc(OOCC2CCC(C(=O)Oc3ccc(C)cc3)CC2)cc1. The van der Waals surface area contributed by atoms with Crippen LogP contribution in [0.15, 0.2) is 61.2 Å². The minimum absolute atomic E-state index is 0.0620. The van der Waals surface area contributed by atoms with E-state index >= 15 is 0 Å². The number of hydrogen-bond donors (Lipinski definition) is 0. The summed E-state index contributed by atoms with van der Waals surface area (Å²) in [6.07, 6.45) is 8.36. The number of carbonyl (C=O) groups excluding carboxylic acids is 2. The van der Waals surface area contributed by atoms with E-state index in [0.29, 0.717) is 37.2 Å². The van der Waals surface area contributed by atoms with E-state index in [9.17, 15) is 9.59 Å². The number of unbranched alkanes of at least 4 members (excludes halogenated alkanes) is 3. The molecule has 0 spiro atoms. The number of rotatable bonds is 15. The average Bonchev–Trinajstić information content (AvgIpc) is 2.92. The van der Waals surface area contributed by atoms with E-state index in [1.165, 1.54) is 6.08 Å². The quantitative estimate of drug-likeness (QED) is 0.0686. The van der Waals surface area contributed by atoms with Gasteiger partial charge in [-0.3, -0.25) is 4.79 Å². The Balaban J connectivity index is 1.22. The topological polar surface area (TPSA) is 80.3 Å². The fourth-order valence-corrected chi connectivity index (χ4v) is 4.14. The number of hydrogen-bond acceptors (Lipinski definition) is 7. The minimum atomic E-state index is -0.373. The van der Waals surface area contributed by atoms with Crippen molar-refractivity contribution < 1.29 is 33.6 Å². The van der Waals surface area contributed by atoms with Gasteiger partial charge in [-0.15, -0.1) is 0 Å². The molecule has 37 heavy (non-hydrogen) atoms. The zero-order chi connectivity index (χ0) is 26.3. The van der Waals surface area contributed by atoms with E-state index in [4.69, 9.17) is 24.0 Å². The summed E-state index contributed by atoms with van der Waals surface area (Å²) in [4.78, 5) is 34.3. The van der Waals surface area contributed by atoms with Gasteiger partial charge < -0.3 is 19.1 Å². The largest absolute Gasteiger partial charge is 0.494 e. The number of ether oxygens (including phenoxy) is 3. The van der Waals surface area contributed by atoms with Crippen molar-refractivity contribution >= 4 is 11.9 Å². The molecule has 7 nitrogen and oxygen atoms in total. The lowest BCUT2D eigenvalue weighted by Gasteiger charge is -2.26. The van der Waals surface area contributed by atoms with Crippen molar-refractivity contribution in [3.8, 4) is 17.2 Å². The summed E-state index contributed by atoms with van der Waals surface area (Å²) in [6.45, 7) is 6.92. The lowest BCUT2D eigenvalue weighted by atomic mass is 9.82. The molecule has 0 heterocycles. The molecule has 0 amide bonds. The van der Waals surface area contributed by atoms with Gasteiger partial charge in [0.2, 0.25) is 0 Å².